The molecule has 55 heavy (non-hydrogen) atoms. The lowest BCUT2D eigenvalue weighted by molar-refractivity contribution is 0.423. The van der Waals surface area contributed by atoms with Crippen LogP contribution in [-0.2, 0) is 5.41 Å². The normalized spacial score (nSPS) is 18.4. The first-order chi connectivity index (χ1) is 27.3. The fourth-order valence-electron chi connectivity index (χ4n) is 9.82. The van der Waals surface area contributed by atoms with Crippen LogP contribution in [0.4, 0.5) is 11.4 Å². The van der Waals surface area contributed by atoms with Gasteiger partial charge in [-0.15, -0.1) is 0 Å². The maximum absolute atomic E-state index is 6.33. The van der Waals surface area contributed by atoms with Crippen molar-refractivity contribution < 1.29 is 4.74 Å². The predicted molar refractivity (Wildman–Crippen MR) is 227 cm³/mol. The zero-order valence-electron chi connectivity index (χ0n) is 30.5. The van der Waals surface area contributed by atoms with E-state index in [1.165, 1.54) is 61.0 Å². The van der Waals surface area contributed by atoms with Crippen molar-refractivity contribution in [3.63, 3.8) is 0 Å². The average Bonchev–Trinajstić information content (AvgIpc) is 3.78. The van der Waals surface area contributed by atoms with E-state index >= 15 is 0 Å². The molecular formula is C53H39NO. The zero-order valence-corrected chi connectivity index (χ0v) is 30.5. The van der Waals surface area contributed by atoms with Gasteiger partial charge in [0, 0.05) is 29.1 Å². The molecule has 0 fully saturated rings. The Kier molecular flexibility index (Phi) is 7.38. The molecule has 2 heteroatoms. The number of para-hydroxylation sites is 1. The molecule has 262 valence electrons. The second-order valence-corrected chi connectivity index (χ2v) is 15.2. The van der Waals surface area contributed by atoms with E-state index in [1.54, 1.807) is 0 Å². The van der Waals surface area contributed by atoms with Gasteiger partial charge in [-0.1, -0.05) is 152 Å². The van der Waals surface area contributed by atoms with E-state index in [1.807, 2.05) is 0 Å². The molecule has 0 radical (unpaired) electrons. The van der Waals surface area contributed by atoms with Crippen molar-refractivity contribution in [1.82, 2.24) is 0 Å². The van der Waals surface area contributed by atoms with E-state index in [2.05, 4.69) is 205 Å². The van der Waals surface area contributed by atoms with Crippen LogP contribution in [0.25, 0.3) is 33.0 Å². The molecule has 2 atom stereocenters. The smallest absolute Gasteiger partial charge is 0.130 e. The Hall–Kier alpha value is -6.64. The molecule has 0 amide bonds. The van der Waals surface area contributed by atoms with E-state index in [0.29, 0.717) is 5.92 Å². The highest BCUT2D eigenvalue weighted by molar-refractivity contribution is 5.88. The van der Waals surface area contributed by atoms with E-state index < -0.39 is 0 Å². The van der Waals surface area contributed by atoms with E-state index in [4.69, 9.17) is 4.74 Å². The monoisotopic (exact) mass is 705 g/mol. The summed E-state index contributed by atoms with van der Waals surface area (Å²) in [6, 6.07) is 60.5. The summed E-state index contributed by atoms with van der Waals surface area (Å²) in [5.41, 5.74) is 13.7. The summed E-state index contributed by atoms with van der Waals surface area (Å²) in [6.07, 6.45) is 15.5. The Balaban J connectivity index is 1.03. The van der Waals surface area contributed by atoms with Crippen molar-refractivity contribution in [1.29, 1.82) is 0 Å². The minimum absolute atomic E-state index is 0.191. The number of benzene rings is 7. The summed E-state index contributed by atoms with van der Waals surface area (Å²) in [7, 11) is 0. The highest BCUT2D eigenvalue weighted by Crippen LogP contribution is 2.58. The summed E-state index contributed by atoms with van der Waals surface area (Å²) in [5, 5.41) is 2.51. The second-order valence-electron chi connectivity index (χ2n) is 15.2. The summed E-state index contributed by atoms with van der Waals surface area (Å²) < 4.78 is 6.33. The van der Waals surface area contributed by atoms with E-state index in [0.717, 1.165) is 35.7 Å². The molecule has 1 aliphatic heterocycles. The van der Waals surface area contributed by atoms with E-state index in [9.17, 15) is 0 Å². The number of hydrogen-bond donors (Lipinski definition) is 0. The summed E-state index contributed by atoms with van der Waals surface area (Å²) in [6.45, 7) is 0. The third kappa shape index (κ3) is 5.02. The molecule has 2 unspecified atom stereocenters. The third-order valence-corrected chi connectivity index (χ3v) is 12.3. The molecule has 4 aliphatic rings. The van der Waals surface area contributed by atoms with Gasteiger partial charge in [0.2, 0.25) is 0 Å². The number of allylic oxidation sites excluding steroid dienone is 8. The van der Waals surface area contributed by atoms with Crippen LogP contribution in [0.2, 0.25) is 0 Å². The lowest BCUT2D eigenvalue weighted by atomic mass is 9.62. The SMILES string of the molecule is C1=CCC(C2(c3ccc(N(C4=CC=C5Oc6ccccc6C5C4)c4ccc(-c5ccc6ccccc6c5)cc4)cc3)c3ccccc3-c3ccccc32)C=C1. The van der Waals surface area contributed by atoms with Gasteiger partial charge in [-0.25, -0.2) is 0 Å². The Labute approximate surface area is 322 Å². The van der Waals surface area contributed by atoms with Gasteiger partial charge in [0.25, 0.3) is 0 Å². The number of rotatable bonds is 6. The zero-order chi connectivity index (χ0) is 36.3. The summed E-state index contributed by atoms with van der Waals surface area (Å²) in [4.78, 5) is 2.45. The summed E-state index contributed by atoms with van der Waals surface area (Å²) in [5.74, 6) is 2.48. The molecule has 0 saturated carbocycles. The Bertz CT molecular complexity index is 2700. The van der Waals surface area contributed by atoms with Gasteiger partial charge in [0.15, 0.2) is 0 Å². The molecule has 1 heterocycles. The van der Waals surface area contributed by atoms with Gasteiger partial charge in [-0.3, -0.25) is 0 Å². The first-order valence-corrected chi connectivity index (χ1v) is 19.5. The standard InChI is InChI=1S/C53H39NO/c1-2-14-40(15-3-1)53(49-19-9-6-16-45(49)46-17-7-10-20-50(46)53)41-26-30-43(31-27-41)54(44-32-33-52-48(35-44)47-18-8-11-21-51(47)55-52)42-28-24-37(25-29-42)39-23-22-36-12-4-5-13-38(36)34-39/h1-14,16-34,40,48H,15,35H2. The molecule has 2 nitrogen and oxygen atoms in total. The fraction of sp³-hybridized carbons (Fsp3) is 0.0943. The minimum atomic E-state index is -0.300. The molecule has 0 bridgehead atoms. The van der Waals surface area contributed by atoms with Crippen LogP contribution in [0.3, 0.4) is 0 Å². The fourth-order valence-corrected chi connectivity index (χ4v) is 9.82. The Morgan fingerprint density at radius 2 is 1.22 bits per heavy atom. The minimum Gasteiger partial charge on any atom is -0.461 e. The molecular weight excluding hydrogens is 667 g/mol. The number of ether oxygens (including phenoxy) is 1. The van der Waals surface area contributed by atoms with Gasteiger partial charge in [-0.2, -0.15) is 0 Å². The van der Waals surface area contributed by atoms with E-state index in [-0.39, 0.29) is 11.3 Å². The van der Waals surface area contributed by atoms with Crippen LogP contribution in [-0.4, -0.2) is 0 Å². The van der Waals surface area contributed by atoms with Crippen LogP contribution >= 0.6 is 0 Å². The molecule has 0 spiro atoms. The van der Waals surface area contributed by atoms with Crippen molar-refractivity contribution in [3.8, 4) is 28.0 Å². The van der Waals surface area contributed by atoms with Gasteiger partial charge < -0.3 is 9.64 Å². The first-order valence-electron chi connectivity index (χ1n) is 19.5. The first kappa shape index (κ1) is 31.8. The van der Waals surface area contributed by atoms with Crippen molar-refractivity contribution in [3.05, 3.63) is 234 Å². The van der Waals surface area contributed by atoms with Crippen LogP contribution in [0.1, 0.15) is 41.0 Å². The van der Waals surface area contributed by atoms with Crippen molar-refractivity contribution in [2.24, 2.45) is 5.92 Å². The number of anilines is 2. The second kappa shape index (κ2) is 12.7. The third-order valence-electron chi connectivity index (χ3n) is 12.3. The van der Waals surface area contributed by atoms with Crippen LogP contribution in [0.15, 0.2) is 212 Å². The molecule has 0 saturated heterocycles. The quantitative estimate of drug-likeness (QED) is 0.171. The molecule has 0 N–H and O–H groups in total. The molecule has 7 aromatic rings. The van der Waals surface area contributed by atoms with Gasteiger partial charge in [-0.05, 0) is 111 Å². The van der Waals surface area contributed by atoms with Crippen LogP contribution in [0, 0.1) is 5.92 Å². The molecule has 3 aliphatic carbocycles. The maximum atomic E-state index is 6.33. The molecule has 11 rings (SSSR count). The van der Waals surface area contributed by atoms with Crippen molar-refractivity contribution >= 4 is 22.1 Å². The van der Waals surface area contributed by atoms with Gasteiger partial charge >= 0.3 is 0 Å². The Morgan fingerprint density at radius 1 is 0.564 bits per heavy atom. The summed E-state index contributed by atoms with van der Waals surface area (Å²) >= 11 is 0. The predicted octanol–water partition coefficient (Wildman–Crippen LogP) is 13.4. The number of nitrogens with zero attached hydrogens (tertiary/aromatic N) is 1. The lowest BCUT2D eigenvalue weighted by Crippen LogP contribution is -2.35. The van der Waals surface area contributed by atoms with Crippen molar-refractivity contribution in [2.45, 2.75) is 24.2 Å². The Morgan fingerprint density at radius 3 is 1.96 bits per heavy atom. The number of fused-ring (bicyclic) bond motifs is 7. The highest BCUT2D eigenvalue weighted by atomic mass is 16.5. The molecule has 0 aromatic heterocycles. The van der Waals surface area contributed by atoms with Crippen LogP contribution in [0.5, 0.6) is 5.75 Å². The van der Waals surface area contributed by atoms with Gasteiger partial charge in [0.05, 0.1) is 11.3 Å². The molecule has 7 aromatic carbocycles. The maximum Gasteiger partial charge on any atom is 0.130 e. The van der Waals surface area contributed by atoms with Crippen LogP contribution < -0.4 is 9.64 Å². The highest BCUT2D eigenvalue weighted by Gasteiger charge is 2.49. The topological polar surface area (TPSA) is 12.5 Å². The average molecular weight is 706 g/mol. The number of hydrogen-bond acceptors (Lipinski definition) is 2. The lowest BCUT2D eigenvalue weighted by Gasteiger charge is -2.40. The largest absolute Gasteiger partial charge is 0.461 e. The van der Waals surface area contributed by atoms with Crippen molar-refractivity contribution in [2.75, 3.05) is 4.90 Å². The van der Waals surface area contributed by atoms with Gasteiger partial charge in [0.1, 0.15) is 11.5 Å².